The molecule has 0 unspecified atom stereocenters. The molecule has 106 valence electrons. The molecule has 4 heteroatoms. The fourth-order valence-corrected chi connectivity index (χ4v) is 2.67. The van der Waals surface area contributed by atoms with Crippen LogP contribution in [0.3, 0.4) is 0 Å². The molecule has 3 aromatic rings. The van der Waals surface area contributed by atoms with Gasteiger partial charge in [0, 0.05) is 16.0 Å². The number of rotatable bonds is 3. The van der Waals surface area contributed by atoms with Gasteiger partial charge in [0.2, 0.25) is 0 Å². The van der Waals surface area contributed by atoms with Gasteiger partial charge < -0.3 is 0 Å². The van der Waals surface area contributed by atoms with Crippen LogP contribution in [0.15, 0.2) is 42.5 Å². The monoisotopic (exact) mass is 316 g/mol. The summed E-state index contributed by atoms with van der Waals surface area (Å²) >= 11 is 12.2. The van der Waals surface area contributed by atoms with E-state index in [2.05, 4.69) is 29.0 Å². The molecule has 0 atom stereocenters. The Labute approximate surface area is 133 Å². The first kappa shape index (κ1) is 14.3. The van der Waals surface area contributed by atoms with Gasteiger partial charge in [0.1, 0.15) is 5.15 Å². The number of hydrogen-bond donors (Lipinski definition) is 0. The van der Waals surface area contributed by atoms with E-state index in [1.54, 1.807) is 0 Å². The van der Waals surface area contributed by atoms with Crippen LogP contribution in [0, 0.1) is 0 Å². The van der Waals surface area contributed by atoms with E-state index < -0.39 is 0 Å². The topological polar surface area (TPSA) is 25.8 Å². The summed E-state index contributed by atoms with van der Waals surface area (Å²) in [5.41, 5.74) is 3.02. The van der Waals surface area contributed by atoms with Gasteiger partial charge in [-0.25, -0.2) is 9.97 Å². The molecule has 0 aliphatic rings. The first-order valence-electron chi connectivity index (χ1n) is 6.89. The van der Waals surface area contributed by atoms with Crippen molar-refractivity contribution in [1.82, 2.24) is 9.97 Å². The zero-order valence-electron chi connectivity index (χ0n) is 11.6. The summed E-state index contributed by atoms with van der Waals surface area (Å²) in [6.07, 6.45) is 2.14. The number of aromatic nitrogens is 2. The average molecular weight is 317 g/mol. The summed E-state index contributed by atoms with van der Waals surface area (Å²) in [6.45, 7) is 2.16. The third-order valence-electron chi connectivity index (χ3n) is 3.35. The fraction of sp³-hybridized carbons (Fsp3) is 0.176. The lowest BCUT2D eigenvalue weighted by molar-refractivity contribution is 0.923. The van der Waals surface area contributed by atoms with Crippen LogP contribution >= 0.6 is 23.2 Å². The number of nitrogens with zero attached hydrogens (tertiary/aromatic N) is 2. The fourth-order valence-electron chi connectivity index (χ4n) is 2.31. The van der Waals surface area contributed by atoms with Crippen LogP contribution in [-0.2, 0) is 6.42 Å². The van der Waals surface area contributed by atoms with Crippen molar-refractivity contribution < 1.29 is 0 Å². The third-order valence-corrected chi connectivity index (χ3v) is 3.89. The van der Waals surface area contributed by atoms with Gasteiger partial charge in [-0.05, 0) is 48.4 Å². The summed E-state index contributed by atoms with van der Waals surface area (Å²) in [5, 5.41) is 2.08. The third kappa shape index (κ3) is 3.02. The van der Waals surface area contributed by atoms with Crippen molar-refractivity contribution in [3.8, 4) is 11.4 Å². The lowest BCUT2D eigenvalue weighted by atomic mass is 10.1. The highest BCUT2D eigenvalue weighted by molar-refractivity contribution is 6.34. The summed E-state index contributed by atoms with van der Waals surface area (Å²) < 4.78 is 0. The van der Waals surface area contributed by atoms with E-state index >= 15 is 0 Å². The lowest BCUT2D eigenvalue weighted by Crippen LogP contribution is -1.93. The second kappa shape index (κ2) is 6.00. The molecule has 2 aromatic carbocycles. The summed E-state index contributed by atoms with van der Waals surface area (Å²) in [4.78, 5) is 9.01. The molecule has 1 heterocycles. The van der Waals surface area contributed by atoms with Crippen LogP contribution in [0.5, 0.6) is 0 Å². The van der Waals surface area contributed by atoms with E-state index in [9.17, 15) is 0 Å². The number of aryl methyl sites for hydroxylation is 1. The smallest absolute Gasteiger partial charge is 0.161 e. The Bertz CT molecular complexity index is 783. The molecule has 0 fully saturated rings. The van der Waals surface area contributed by atoms with Crippen molar-refractivity contribution >= 4 is 34.1 Å². The number of halogens is 2. The standard InChI is InChI=1S/C17H14Cl2N2/c1-2-3-11-4-9-15-14(10-11)16(19)21-17(20-15)12-5-7-13(18)8-6-12/h4-10H,2-3H2,1H3. The summed E-state index contributed by atoms with van der Waals surface area (Å²) in [5.74, 6) is 0.618. The Hall–Kier alpha value is -1.64. The maximum absolute atomic E-state index is 6.34. The van der Waals surface area contributed by atoms with Gasteiger partial charge in [0.15, 0.2) is 5.82 Å². The number of hydrogen-bond acceptors (Lipinski definition) is 2. The van der Waals surface area contributed by atoms with Crippen molar-refractivity contribution in [2.75, 3.05) is 0 Å². The molecule has 21 heavy (non-hydrogen) atoms. The number of fused-ring (bicyclic) bond motifs is 1. The summed E-state index contributed by atoms with van der Waals surface area (Å²) in [6, 6.07) is 13.6. The molecule has 0 radical (unpaired) electrons. The van der Waals surface area contributed by atoms with Crippen molar-refractivity contribution in [3.63, 3.8) is 0 Å². The molecule has 0 N–H and O–H groups in total. The normalized spacial score (nSPS) is 11.0. The van der Waals surface area contributed by atoms with Gasteiger partial charge >= 0.3 is 0 Å². The SMILES string of the molecule is CCCc1ccc2nc(-c3ccc(Cl)cc3)nc(Cl)c2c1. The molecule has 3 rings (SSSR count). The van der Waals surface area contributed by atoms with Crippen molar-refractivity contribution in [3.05, 3.63) is 58.2 Å². The van der Waals surface area contributed by atoms with Crippen LogP contribution in [0.2, 0.25) is 10.2 Å². The van der Waals surface area contributed by atoms with Crippen LogP contribution in [0.4, 0.5) is 0 Å². The van der Waals surface area contributed by atoms with E-state index in [0.717, 1.165) is 29.3 Å². The van der Waals surface area contributed by atoms with Crippen molar-refractivity contribution in [1.29, 1.82) is 0 Å². The molecule has 0 amide bonds. The molecule has 0 bridgehead atoms. The van der Waals surface area contributed by atoms with Crippen LogP contribution in [-0.4, -0.2) is 9.97 Å². The minimum atomic E-state index is 0.489. The molecular weight excluding hydrogens is 303 g/mol. The second-order valence-electron chi connectivity index (χ2n) is 4.95. The first-order chi connectivity index (χ1) is 10.2. The Balaban J connectivity index is 2.10. The quantitative estimate of drug-likeness (QED) is 0.591. The minimum absolute atomic E-state index is 0.489. The predicted molar refractivity (Wildman–Crippen MR) is 89.0 cm³/mol. The van der Waals surface area contributed by atoms with Gasteiger partial charge in [-0.15, -0.1) is 0 Å². The van der Waals surface area contributed by atoms with Crippen molar-refractivity contribution in [2.45, 2.75) is 19.8 Å². The van der Waals surface area contributed by atoms with E-state index in [1.165, 1.54) is 5.56 Å². The van der Waals surface area contributed by atoms with E-state index in [-0.39, 0.29) is 0 Å². The first-order valence-corrected chi connectivity index (χ1v) is 7.65. The Kier molecular flexibility index (Phi) is 4.09. The van der Waals surface area contributed by atoms with Gasteiger partial charge in [-0.2, -0.15) is 0 Å². The highest BCUT2D eigenvalue weighted by atomic mass is 35.5. The van der Waals surface area contributed by atoms with E-state index in [1.807, 2.05) is 30.3 Å². The molecule has 2 nitrogen and oxygen atoms in total. The highest BCUT2D eigenvalue weighted by Gasteiger charge is 2.08. The van der Waals surface area contributed by atoms with Crippen molar-refractivity contribution in [2.24, 2.45) is 0 Å². The Morgan fingerprint density at radius 1 is 0.952 bits per heavy atom. The maximum Gasteiger partial charge on any atom is 0.161 e. The largest absolute Gasteiger partial charge is 0.228 e. The highest BCUT2D eigenvalue weighted by Crippen LogP contribution is 2.26. The molecule has 0 aliphatic heterocycles. The maximum atomic E-state index is 6.34. The van der Waals surface area contributed by atoms with Crippen LogP contribution in [0.1, 0.15) is 18.9 Å². The predicted octanol–water partition coefficient (Wildman–Crippen LogP) is 5.56. The number of benzene rings is 2. The second-order valence-corrected chi connectivity index (χ2v) is 5.74. The van der Waals surface area contributed by atoms with E-state index in [4.69, 9.17) is 23.2 Å². The molecule has 0 spiro atoms. The Morgan fingerprint density at radius 2 is 1.71 bits per heavy atom. The summed E-state index contributed by atoms with van der Waals surface area (Å²) in [7, 11) is 0. The van der Waals surface area contributed by atoms with Gasteiger partial charge in [0.05, 0.1) is 5.52 Å². The minimum Gasteiger partial charge on any atom is -0.228 e. The zero-order valence-corrected chi connectivity index (χ0v) is 13.1. The molecule has 1 aromatic heterocycles. The van der Waals surface area contributed by atoms with Gasteiger partial charge in [0.25, 0.3) is 0 Å². The molecule has 0 aliphatic carbocycles. The molecule has 0 saturated heterocycles. The lowest BCUT2D eigenvalue weighted by Gasteiger charge is -2.06. The van der Waals surface area contributed by atoms with Crippen LogP contribution in [0.25, 0.3) is 22.3 Å². The van der Waals surface area contributed by atoms with E-state index in [0.29, 0.717) is 16.0 Å². The molecule has 0 saturated carbocycles. The zero-order chi connectivity index (χ0) is 14.8. The van der Waals surface area contributed by atoms with Crippen LogP contribution < -0.4 is 0 Å². The van der Waals surface area contributed by atoms with Gasteiger partial charge in [-0.1, -0.05) is 42.6 Å². The average Bonchev–Trinajstić information content (AvgIpc) is 2.49. The molecular formula is C17H14Cl2N2. The Morgan fingerprint density at radius 3 is 2.43 bits per heavy atom. The van der Waals surface area contributed by atoms with Gasteiger partial charge in [-0.3, -0.25) is 0 Å².